The average molecular weight is 247 g/mol. The molecule has 18 heavy (non-hydrogen) atoms. The maximum absolute atomic E-state index is 5.40. The first kappa shape index (κ1) is 12.3. The van der Waals surface area contributed by atoms with Crippen molar-refractivity contribution in [3.8, 4) is 22.8 Å². The van der Waals surface area contributed by atoms with E-state index in [0.29, 0.717) is 0 Å². The smallest absolute Gasteiger partial charge is 0.148 e. The molecular weight excluding hydrogens is 230 g/mol. The molecule has 0 aliphatic carbocycles. The maximum Gasteiger partial charge on any atom is 0.148 e. The lowest BCUT2D eigenvalue weighted by Gasteiger charge is -2.11. The van der Waals surface area contributed by atoms with Gasteiger partial charge in [-0.05, 0) is 24.6 Å². The highest BCUT2D eigenvalue weighted by Gasteiger charge is 2.12. The summed E-state index contributed by atoms with van der Waals surface area (Å²) < 4.78 is 10.7. The number of hydrogen-bond donors (Lipinski definition) is 2. The first-order chi connectivity index (χ1) is 8.69. The van der Waals surface area contributed by atoms with Gasteiger partial charge in [0, 0.05) is 18.7 Å². The number of H-pyrrole nitrogens is 1. The van der Waals surface area contributed by atoms with Gasteiger partial charge in [-0.15, -0.1) is 0 Å². The molecule has 2 aromatic rings. The Morgan fingerprint density at radius 2 is 1.83 bits per heavy atom. The summed E-state index contributed by atoms with van der Waals surface area (Å²) in [7, 11) is 5.14. The second-order valence-electron chi connectivity index (χ2n) is 3.94. The van der Waals surface area contributed by atoms with E-state index in [9.17, 15) is 0 Å². The van der Waals surface area contributed by atoms with Gasteiger partial charge < -0.3 is 14.8 Å². The Hall–Kier alpha value is -2.17. The lowest BCUT2D eigenvalue weighted by atomic mass is 10.1. The van der Waals surface area contributed by atoms with Crippen LogP contribution in [0, 0.1) is 6.92 Å². The van der Waals surface area contributed by atoms with Crippen molar-refractivity contribution in [1.29, 1.82) is 0 Å². The van der Waals surface area contributed by atoms with Gasteiger partial charge in [-0.2, -0.15) is 5.10 Å². The van der Waals surface area contributed by atoms with Crippen molar-refractivity contribution in [3.05, 3.63) is 23.8 Å². The van der Waals surface area contributed by atoms with E-state index in [0.717, 1.165) is 34.1 Å². The van der Waals surface area contributed by atoms with E-state index in [1.165, 1.54) is 0 Å². The van der Waals surface area contributed by atoms with Gasteiger partial charge in [0.2, 0.25) is 0 Å². The molecule has 1 aromatic carbocycles. The summed E-state index contributed by atoms with van der Waals surface area (Å²) in [5.74, 6) is 2.40. The standard InChI is InChI=1S/C13H17N3O2/c1-8-5-12(18-4)9(6-11(8)17-3)10-7-13(14-2)16-15-10/h5-7H,1-4H3,(H2,14,15,16). The molecular formula is C13H17N3O2. The Kier molecular flexibility index (Phi) is 3.41. The quantitative estimate of drug-likeness (QED) is 0.871. The number of ether oxygens (including phenoxy) is 2. The summed E-state index contributed by atoms with van der Waals surface area (Å²) in [6, 6.07) is 5.82. The van der Waals surface area contributed by atoms with Crippen LogP contribution in [0.4, 0.5) is 5.82 Å². The summed E-state index contributed by atoms with van der Waals surface area (Å²) in [5.41, 5.74) is 2.84. The molecule has 0 unspecified atom stereocenters. The highest BCUT2D eigenvalue weighted by molar-refractivity contribution is 5.72. The minimum Gasteiger partial charge on any atom is -0.496 e. The number of benzene rings is 1. The molecule has 0 radical (unpaired) electrons. The number of aromatic nitrogens is 2. The zero-order valence-electron chi connectivity index (χ0n) is 11.0. The van der Waals surface area contributed by atoms with Crippen molar-refractivity contribution in [2.45, 2.75) is 6.92 Å². The van der Waals surface area contributed by atoms with Crippen LogP contribution in [-0.4, -0.2) is 31.5 Å². The van der Waals surface area contributed by atoms with Gasteiger partial charge in [0.1, 0.15) is 17.3 Å². The predicted molar refractivity (Wildman–Crippen MR) is 71.4 cm³/mol. The Balaban J connectivity index is 2.54. The number of nitrogens with one attached hydrogen (secondary N) is 2. The van der Waals surface area contributed by atoms with Crippen molar-refractivity contribution < 1.29 is 9.47 Å². The number of anilines is 1. The Labute approximate surface area is 106 Å². The van der Waals surface area contributed by atoms with Crippen LogP contribution in [0.3, 0.4) is 0 Å². The fourth-order valence-corrected chi connectivity index (χ4v) is 1.85. The number of nitrogens with zero attached hydrogens (tertiary/aromatic N) is 1. The normalized spacial score (nSPS) is 10.2. The van der Waals surface area contributed by atoms with E-state index in [1.807, 2.05) is 32.2 Å². The van der Waals surface area contributed by atoms with Crippen molar-refractivity contribution in [2.24, 2.45) is 0 Å². The highest BCUT2D eigenvalue weighted by Crippen LogP contribution is 2.35. The number of rotatable bonds is 4. The summed E-state index contributed by atoms with van der Waals surface area (Å²) in [6.07, 6.45) is 0. The maximum atomic E-state index is 5.40. The average Bonchev–Trinajstić information content (AvgIpc) is 2.87. The van der Waals surface area contributed by atoms with Crippen LogP contribution >= 0.6 is 0 Å². The minimum atomic E-state index is 0.784. The Morgan fingerprint density at radius 1 is 1.11 bits per heavy atom. The summed E-state index contributed by atoms with van der Waals surface area (Å²) in [4.78, 5) is 0. The molecule has 5 nitrogen and oxygen atoms in total. The molecule has 1 heterocycles. The monoisotopic (exact) mass is 247 g/mol. The van der Waals surface area contributed by atoms with E-state index >= 15 is 0 Å². The molecule has 96 valence electrons. The topological polar surface area (TPSA) is 59.2 Å². The van der Waals surface area contributed by atoms with E-state index in [4.69, 9.17) is 9.47 Å². The van der Waals surface area contributed by atoms with Crippen molar-refractivity contribution in [3.63, 3.8) is 0 Å². The van der Waals surface area contributed by atoms with Gasteiger partial charge in [-0.1, -0.05) is 0 Å². The molecule has 0 amide bonds. The van der Waals surface area contributed by atoms with Crippen LogP contribution in [0.1, 0.15) is 5.56 Å². The third-order valence-electron chi connectivity index (χ3n) is 2.84. The Bertz CT molecular complexity index is 549. The molecule has 2 N–H and O–H groups in total. The Morgan fingerprint density at radius 3 is 2.39 bits per heavy atom. The van der Waals surface area contributed by atoms with Crippen LogP contribution in [0.15, 0.2) is 18.2 Å². The van der Waals surface area contributed by atoms with Gasteiger partial charge >= 0.3 is 0 Å². The molecule has 0 spiro atoms. The van der Waals surface area contributed by atoms with Crippen LogP contribution in [0.5, 0.6) is 11.5 Å². The summed E-state index contributed by atoms with van der Waals surface area (Å²) in [6.45, 7) is 1.98. The van der Waals surface area contributed by atoms with E-state index in [1.54, 1.807) is 14.2 Å². The lowest BCUT2D eigenvalue weighted by Crippen LogP contribution is -1.93. The van der Waals surface area contributed by atoms with Crippen LogP contribution in [0.25, 0.3) is 11.3 Å². The minimum absolute atomic E-state index is 0.784. The van der Waals surface area contributed by atoms with Crippen LogP contribution in [0.2, 0.25) is 0 Å². The molecule has 1 aromatic heterocycles. The zero-order valence-corrected chi connectivity index (χ0v) is 11.0. The second kappa shape index (κ2) is 5.00. The molecule has 2 rings (SSSR count). The van der Waals surface area contributed by atoms with Crippen LogP contribution < -0.4 is 14.8 Å². The first-order valence-corrected chi connectivity index (χ1v) is 5.65. The number of methoxy groups -OCH3 is 2. The molecule has 0 aliphatic heterocycles. The lowest BCUT2D eigenvalue weighted by molar-refractivity contribution is 0.401. The van der Waals surface area contributed by atoms with Gasteiger partial charge in [0.15, 0.2) is 0 Å². The largest absolute Gasteiger partial charge is 0.496 e. The molecule has 0 atom stereocenters. The predicted octanol–water partition coefficient (Wildman–Crippen LogP) is 2.44. The molecule has 0 saturated carbocycles. The van der Waals surface area contributed by atoms with Crippen molar-refractivity contribution in [1.82, 2.24) is 10.2 Å². The fourth-order valence-electron chi connectivity index (χ4n) is 1.85. The van der Waals surface area contributed by atoms with Gasteiger partial charge in [0.25, 0.3) is 0 Å². The highest BCUT2D eigenvalue weighted by atomic mass is 16.5. The fraction of sp³-hybridized carbons (Fsp3) is 0.308. The number of aryl methyl sites for hydroxylation is 1. The van der Waals surface area contributed by atoms with Gasteiger partial charge in [-0.25, -0.2) is 0 Å². The van der Waals surface area contributed by atoms with Crippen molar-refractivity contribution >= 4 is 5.82 Å². The number of hydrogen-bond acceptors (Lipinski definition) is 4. The molecule has 0 fully saturated rings. The molecule has 0 bridgehead atoms. The molecule has 5 heteroatoms. The van der Waals surface area contributed by atoms with Crippen LogP contribution in [-0.2, 0) is 0 Å². The van der Waals surface area contributed by atoms with E-state index < -0.39 is 0 Å². The number of aromatic amines is 1. The summed E-state index contributed by atoms with van der Waals surface area (Å²) in [5, 5.41) is 10.1. The van der Waals surface area contributed by atoms with Crippen molar-refractivity contribution in [2.75, 3.05) is 26.6 Å². The third-order valence-corrected chi connectivity index (χ3v) is 2.84. The zero-order chi connectivity index (χ0) is 13.1. The SMILES string of the molecule is CNc1cc(-c2cc(OC)c(C)cc2OC)[nH]n1. The second-order valence-corrected chi connectivity index (χ2v) is 3.94. The summed E-state index contributed by atoms with van der Waals surface area (Å²) >= 11 is 0. The first-order valence-electron chi connectivity index (χ1n) is 5.65. The van der Waals surface area contributed by atoms with E-state index in [-0.39, 0.29) is 0 Å². The molecule has 0 saturated heterocycles. The van der Waals surface area contributed by atoms with Gasteiger partial charge in [-0.3, -0.25) is 5.10 Å². The third kappa shape index (κ3) is 2.11. The van der Waals surface area contributed by atoms with Gasteiger partial charge in [0.05, 0.1) is 19.9 Å². The van der Waals surface area contributed by atoms with E-state index in [2.05, 4.69) is 15.5 Å². The molecule has 0 aliphatic rings.